The fraction of sp³-hybridized carbons (Fsp3) is 1.00. The minimum Gasteiger partial charge on any atom is -0.302 e. The second-order valence-corrected chi connectivity index (χ2v) is 9.73. The van der Waals surface area contributed by atoms with Crippen LogP contribution in [0.5, 0.6) is 0 Å². The van der Waals surface area contributed by atoms with Crippen molar-refractivity contribution in [3.8, 4) is 0 Å². The van der Waals surface area contributed by atoms with Crippen LogP contribution in [0.1, 0.15) is 0 Å². The average molecular weight is 834 g/mol. The lowest BCUT2D eigenvalue weighted by atomic mass is 9.93. The van der Waals surface area contributed by atoms with Gasteiger partial charge in [-0.25, -0.2) is 13.6 Å². The Kier molecular flexibility index (Phi) is 11.0. The smallest absolute Gasteiger partial charge is 0.302 e. The molecule has 0 unspecified atom stereocenters. The van der Waals surface area contributed by atoms with Crippen molar-refractivity contribution in [1.82, 2.24) is 0 Å². The number of phosphoric ester groups is 1. The lowest BCUT2D eigenvalue weighted by Crippen LogP contribution is -2.73. The Hall–Kier alpha value is -1.99. The molecule has 296 valence electrons. The minimum absolute atomic E-state index is 1.21. The number of phosphoric acid groups is 1. The van der Waals surface area contributed by atoms with E-state index >= 15 is 0 Å². The molecule has 0 spiro atoms. The number of alkyl halides is 30. The number of hydrogen-bond acceptors (Lipinski definition) is 3. The summed E-state index contributed by atoms with van der Waals surface area (Å²) in [5.41, 5.74) is 0. The molecule has 1 N–H and O–H groups in total. The summed E-state index contributed by atoms with van der Waals surface area (Å²) in [5, 5.41) is 0. The van der Waals surface area contributed by atoms with Crippen LogP contribution in [0.25, 0.3) is 0 Å². The highest BCUT2D eigenvalue weighted by atomic mass is 31.2. The van der Waals surface area contributed by atoms with E-state index < -0.39 is 91.6 Å². The molecule has 0 atom stereocenters. The zero-order valence-corrected chi connectivity index (χ0v) is 21.4. The second-order valence-electron chi connectivity index (χ2n) is 8.42. The zero-order chi connectivity index (χ0) is 40.9. The van der Waals surface area contributed by atoms with Gasteiger partial charge in [-0.05, 0) is 0 Å². The quantitative estimate of drug-likeness (QED) is 0.140. The van der Waals surface area contributed by atoms with E-state index in [4.69, 9.17) is 4.89 Å². The van der Waals surface area contributed by atoms with Gasteiger partial charge in [0.05, 0.1) is 0 Å². The van der Waals surface area contributed by atoms with Crippen LogP contribution >= 0.6 is 7.82 Å². The van der Waals surface area contributed by atoms with E-state index in [2.05, 4.69) is 0 Å². The first kappa shape index (κ1) is 47.0. The third-order valence-electron chi connectivity index (χ3n) is 5.06. The molecule has 0 aromatic carbocycles. The van der Waals surface area contributed by atoms with Gasteiger partial charge in [0, 0.05) is 0 Å². The second kappa shape index (κ2) is 11.5. The Balaban J connectivity index is 6.97. The van der Waals surface area contributed by atoms with Gasteiger partial charge in [0.25, 0.3) is 0 Å². The molecule has 0 aromatic rings. The van der Waals surface area contributed by atoms with Crippen LogP contribution in [0, 0.1) is 0 Å². The summed E-state index contributed by atoms with van der Waals surface area (Å²) in [6, 6.07) is 0. The molecule has 0 aliphatic rings. The first-order chi connectivity index (χ1) is 20.4. The fourth-order valence-electron chi connectivity index (χ4n) is 2.33. The Morgan fingerprint density at radius 1 is 0.286 bits per heavy atom. The normalized spacial score (nSPS) is 17.1. The van der Waals surface area contributed by atoms with E-state index in [0.717, 1.165) is 0 Å². The van der Waals surface area contributed by atoms with Crippen molar-refractivity contribution in [2.45, 2.75) is 83.8 Å². The van der Waals surface area contributed by atoms with Crippen LogP contribution in [-0.2, 0) is 13.6 Å². The van der Waals surface area contributed by atoms with Crippen molar-refractivity contribution >= 4 is 7.82 Å². The standard InChI is InChI=1S/C14HF30O4P/c15-1(16,3(19,20)7(27,28)11(35,36)37)5(23,24)9(31,32)13(41,42)47-49(45,46)48-14(43,44)10(33,34)6(25,26)2(17,18)4(21,22)8(29,30)12(38,39)40/h(H,45,46). The van der Waals surface area contributed by atoms with Crippen LogP contribution < -0.4 is 0 Å². The molecule has 0 bridgehead atoms. The highest BCUT2D eigenvalue weighted by Gasteiger charge is 2.96. The van der Waals surface area contributed by atoms with E-state index in [1.54, 1.807) is 0 Å². The molecule has 35 heteroatoms. The van der Waals surface area contributed by atoms with Crippen molar-refractivity contribution in [2.75, 3.05) is 0 Å². The third-order valence-corrected chi connectivity index (χ3v) is 5.98. The van der Waals surface area contributed by atoms with Crippen LogP contribution in [-0.4, -0.2) is 88.7 Å². The summed E-state index contributed by atoms with van der Waals surface area (Å²) in [4.78, 5) is 8.43. The molecule has 0 aliphatic heterocycles. The fourth-order valence-corrected chi connectivity index (χ4v) is 3.17. The summed E-state index contributed by atoms with van der Waals surface area (Å²) >= 11 is 0. The molecule has 0 heterocycles. The maximum atomic E-state index is 13.5. The van der Waals surface area contributed by atoms with Crippen molar-refractivity contribution in [3.63, 3.8) is 0 Å². The summed E-state index contributed by atoms with van der Waals surface area (Å²) in [5.74, 6) is -90.7. The highest BCUT2D eigenvalue weighted by Crippen LogP contribution is 2.67. The van der Waals surface area contributed by atoms with E-state index in [1.165, 1.54) is 9.05 Å². The third kappa shape index (κ3) is 6.40. The van der Waals surface area contributed by atoms with Gasteiger partial charge in [-0.3, -0.25) is 0 Å². The first-order valence-electron chi connectivity index (χ1n) is 9.83. The molecule has 0 saturated carbocycles. The predicted octanol–water partition coefficient (Wildman–Crippen LogP) is 9.78. The monoisotopic (exact) mass is 834 g/mol. The molecular weight excluding hydrogens is 833 g/mol. The zero-order valence-electron chi connectivity index (χ0n) is 20.5. The van der Waals surface area contributed by atoms with Gasteiger partial charge in [0.2, 0.25) is 0 Å². The molecular formula is C14HF30O4P. The largest absolute Gasteiger partial charge is 0.482 e. The van der Waals surface area contributed by atoms with Gasteiger partial charge in [-0.1, -0.05) is 0 Å². The van der Waals surface area contributed by atoms with Crippen molar-refractivity contribution < 1.29 is 150 Å². The molecule has 0 aliphatic carbocycles. The van der Waals surface area contributed by atoms with Gasteiger partial charge in [0.1, 0.15) is 0 Å². The van der Waals surface area contributed by atoms with E-state index in [9.17, 15) is 136 Å². The molecule has 0 radical (unpaired) electrons. The van der Waals surface area contributed by atoms with Gasteiger partial charge in [-0.2, -0.15) is 132 Å². The van der Waals surface area contributed by atoms with Gasteiger partial charge >= 0.3 is 91.6 Å². The lowest BCUT2D eigenvalue weighted by molar-refractivity contribution is -0.470. The summed E-state index contributed by atoms with van der Waals surface area (Å²) in [6.45, 7) is 0. The Morgan fingerprint density at radius 2 is 0.429 bits per heavy atom. The van der Waals surface area contributed by atoms with Crippen molar-refractivity contribution in [2.24, 2.45) is 0 Å². The van der Waals surface area contributed by atoms with Gasteiger partial charge in [-0.15, -0.1) is 0 Å². The lowest BCUT2D eigenvalue weighted by Gasteiger charge is -2.42. The first-order valence-corrected chi connectivity index (χ1v) is 11.3. The predicted molar refractivity (Wildman–Crippen MR) is 83.5 cm³/mol. The van der Waals surface area contributed by atoms with Crippen molar-refractivity contribution in [1.29, 1.82) is 0 Å². The molecule has 0 fully saturated rings. The number of hydrogen-bond donors (Lipinski definition) is 1. The SMILES string of the molecule is O=P(O)(OC(F)(F)C(F)(F)C(F)(F)C(F)(F)C(F)(F)C(F)(F)C(F)(F)F)OC(F)(F)C(F)(F)C(F)(F)C(F)(F)C(F)(F)C(F)(F)C(F)(F)F. The maximum absolute atomic E-state index is 13.5. The Labute approximate surface area is 243 Å². The topological polar surface area (TPSA) is 55.8 Å². The summed E-state index contributed by atoms with van der Waals surface area (Å²) in [6.07, 6.45) is -33.8. The van der Waals surface area contributed by atoms with Gasteiger partial charge in [0.15, 0.2) is 0 Å². The van der Waals surface area contributed by atoms with Crippen LogP contribution in [0.2, 0.25) is 0 Å². The van der Waals surface area contributed by atoms with Crippen molar-refractivity contribution in [3.05, 3.63) is 0 Å². The van der Waals surface area contributed by atoms with Crippen LogP contribution in [0.3, 0.4) is 0 Å². The summed E-state index contributed by atoms with van der Waals surface area (Å²) < 4.78 is 404. The van der Waals surface area contributed by atoms with E-state index in [1.807, 2.05) is 0 Å². The number of halogens is 30. The van der Waals surface area contributed by atoms with Gasteiger partial charge < -0.3 is 4.89 Å². The molecule has 4 nitrogen and oxygen atoms in total. The van der Waals surface area contributed by atoms with E-state index in [-0.39, 0.29) is 0 Å². The molecule has 0 rings (SSSR count). The molecule has 0 aromatic heterocycles. The molecule has 0 saturated heterocycles. The molecule has 0 amide bonds. The Morgan fingerprint density at radius 3 is 0.592 bits per heavy atom. The van der Waals surface area contributed by atoms with Crippen LogP contribution in [0.15, 0.2) is 0 Å². The maximum Gasteiger partial charge on any atom is 0.482 e. The Bertz CT molecular complexity index is 1170. The average Bonchev–Trinajstić information content (AvgIpc) is 2.79. The number of rotatable bonds is 14. The van der Waals surface area contributed by atoms with E-state index in [0.29, 0.717) is 0 Å². The molecule has 49 heavy (non-hydrogen) atoms. The van der Waals surface area contributed by atoms with Crippen LogP contribution in [0.4, 0.5) is 132 Å². The minimum atomic E-state index is -9.29. The summed E-state index contributed by atoms with van der Waals surface area (Å²) in [7, 11) is -9.22. The highest BCUT2D eigenvalue weighted by molar-refractivity contribution is 7.47.